The van der Waals surface area contributed by atoms with E-state index in [9.17, 15) is 18.6 Å². The monoisotopic (exact) mass is 545 g/mol. The van der Waals surface area contributed by atoms with Gasteiger partial charge in [0.25, 0.3) is 0 Å². The summed E-state index contributed by atoms with van der Waals surface area (Å²) in [6.07, 6.45) is 12.8. The third-order valence-corrected chi connectivity index (χ3v) is 13.6. The van der Waals surface area contributed by atoms with E-state index in [-0.39, 0.29) is 17.6 Å². The first-order chi connectivity index (χ1) is 18.1. The van der Waals surface area contributed by atoms with Crippen molar-refractivity contribution in [3.63, 3.8) is 0 Å². The summed E-state index contributed by atoms with van der Waals surface area (Å²) in [6, 6.07) is 8.61. The number of hydrogen-bond acceptors (Lipinski definition) is 4. The predicted octanol–water partition coefficient (Wildman–Crippen LogP) is 6.15. The number of rotatable bonds is 9. The summed E-state index contributed by atoms with van der Waals surface area (Å²) in [5.74, 6) is 3.09. The second kappa shape index (κ2) is 11.1. The van der Waals surface area contributed by atoms with Gasteiger partial charge in [0.15, 0.2) is 0 Å². The minimum absolute atomic E-state index is 0.191. The largest absolute Gasteiger partial charge is 0.393 e. The van der Waals surface area contributed by atoms with Crippen molar-refractivity contribution in [3.8, 4) is 0 Å². The van der Waals surface area contributed by atoms with Gasteiger partial charge in [0.1, 0.15) is 0 Å². The summed E-state index contributed by atoms with van der Waals surface area (Å²) in [6.45, 7) is 7.78. The molecule has 0 unspecified atom stereocenters. The summed E-state index contributed by atoms with van der Waals surface area (Å²) in [7, 11) is -3.42. The summed E-state index contributed by atoms with van der Waals surface area (Å²) in [5.41, 5.74) is 0.572. The quantitative estimate of drug-likeness (QED) is 0.325. The molecule has 5 rings (SSSR count). The van der Waals surface area contributed by atoms with Crippen molar-refractivity contribution in [3.05, 3.63) is 30.3 Å². The van der Waals surface area contributed by atoms with Gasteiger partial charge in [0.2, 0.25) is 10.0 Å². The third kappa shape index (κ3) is 5.01. The SMILES string of the molecule is CC[C@H]1[C@@H](O)[C@@H]2[C@H](CC[C@]3(C)[C@@H](CCCCCNS(=O)(=O)c4ccccc4)CC[C@@H]23)[C@@]2(C)CC[C@@H](O)C[C@@H]12. The van der Waals surface area contributed by atoms with E-state index in [1.54, 1.807) is 24.3 Å². The topological polar surface area (TPSA) is 86.6 Å². The van der Waals surface area contributed by atoms with Crippen LogP contribution in [0.3, 0.4) is 0 Å². The summed E-state index contributed by atoms with van der Waals surface area (Å²) in [5, 5.41) is 22.3. The number of fused-ring (bicyclic) bond motifs is 5. The van der Waals surface area contributed by atoms with Crippen molar-refractivity contribution in [1.82, 2.24) is 4.72 Å². The Labute approximate surface area is 231 Å². The summed E-state index contributed by atoms with van der Waals surface area (Å²) >= 11 is 0. The van der Waals surface area contributed by atoms with Crippen molar-refractivity contribution in [2.24, 2.45) is 46.3 Å². The number of aliphatic hydroxyl groups excluding tert-OH is 2. The Kier molecular flexibility index (Phi) is 8.38. The summed E-state index contributed by atoms with van der Waals surface area (Å²) < 4.78 is 27.6. The molecule has 0 radical (unpaired) electrons. The average molecular weight is 546 g/mol. The summed E-state index contributed by atoms with van der Waals surface area (Å²) in [4.78, 5) is 0.334. The molecule has 0 aliphatic heterocycles. The highest BCUT2D eigenvalue weighted by molar-refractivity contribution is 7.89. The van der Waals surface area contributed by atoms with Gasteiger partial charge in [-0.3, -0.25) is 0 Å². The molecule has 0 saturated heterocycles. The van der Waals surface area contributed by atoms with Crippen molar-refractivity contribution in [2.45, 2.75) is 115 Å². The number of aliphatic hydroxyl groups is 2. The highest BCUT2D eigenvalue weighted by Gasteiger charge is 2.64. The van der Waals surface area contributed by atoms with Crippen LogP contribution >= 0.6 is 0 Å². The Morgan fingerprint density at radius 2 is 1.61 bits per heavy atom. The maximum Gasteiger partial charge on any atom is 0.240 e. The third-order valence-electron chi connectivity index (χ3n) is 12.2. The zero-order valence-electron chi connectivity index (χ0n) is 23.8. The van der Waals surface area contributed by atoms with Gasteiger partial charge < -0.3 is 10.2 Å². The Balaban J connectivity index is 1.17. The molecule has 0 heterocycles. The van der Waals surface area contributed by atoms with Crippen LogP contribution in [0.4, 0.5) is 0 Å². The second-order valence-corrected chi connectivity index (χ2v) is 15.5. The molecule has 10 atom stereocenters. The lowest BCUT2D eigenvalue weighted by molar-refractivity contribution is -0.202. The molecule has 38 heavy (non-hydrogen) atoms. The molecule has 6 heteroatoms. The van der Waals surface area contributed by atoms with Crippen LogP contribution in [0.1, 0.15) is 97.8 Å². The second-order valence-electron chi connectivity index (χ2n) is 13.8. The molecule has 4 aliphatic carbocycles. The predicted molar refractivity (Wildman–Crippen MR) is 152 cm³/mol. The van der Waals surface area contributed by atoms with Crippen LogP contribution in [-0.4, -0.2) is 37.4 Å². The maximum atomic E-state index is 12.4. The molecule has 3 N–H and O–H groups in total. The molecule has 0 bridgehead atoms. The van der Waals surface area contributed by atoms with E-state index in [1.165, 1.54) is 32.1 Å². The number of nitrogens with one attached hydrogen (secondary N) is 1. The highest BCUT2D eigenvalue weighted by atomic mass is 32.2. The van der Waals surface area contributed by atoms with Gasteiger partial charge in [-0.2, -0.15) is 0 Å². The van der Waals surface area contributed by atoms with Gasteiger partial charge in [-0.1, -0.05) is 58.2 Å². The first-order valence-electron chi connectivity index (χ1n) is 15.5. The minimum Gasteiger partial charge on any atom is -0.393 e. The van der Waals surface area contributed by atoms with Crippen LogP contribution in [0.5, 0.6) is 0 Å². The number of unbranched alkanes of at least 4 members (excludes halogenated alkanes) is 2. The molecule has 4 saturated carbocycles. The van der Waals surface area contributed by atoms with Gasteiger partial charge in [-0.15, -0.1) is 0 Å². The molecule has 214 valence electrons. The van der Waals surface area contributed by atoms with Crippen molar-refractivity contribution in [1.29, 1.82) is 0 Å². The molecule has 4 fully saturated rings. The van der Waals surface area contributed by atoms with Crippen molar-refractivity contribution >= 4 is 10.0 Å². The lowest BCUT2D eigenvalue weighted by Crippen LogP contribution is -2.62. The number of sulfonamides is 1. The van der Waals surface area contributed by atoms with E-state index in [1.807, 2.05) is 6.07 Å². The molecule has 0 aromatic heterocycles. The Bertz CT molecular complexity index is 1050. The highest BCUT2D eigenvalue weighted by Crippen LogP contribution is 2.69. The molecule has 0 spiro atoms. The fourth-order valence-corrected chi connectivity index (χ4v) is 11.2. The smallest absolute Gasteiger partial charge is 0.240 e. The standard InChI is InChI=1S/C32H51NO4S/c1-4-25-28-21-23(34)16-18-32(28,3)27-17-19-31(2)22(14-15-26(31)29(27)30(25)35)11-7-6-10-20-33-38(36,37)24-12-8-5-9-13-24/h5,8-9,12-13,22-23,25-30,33-35H,4,6-7,10-11,14-21H2,1-3H3/t22-,23+,25+,26-,27-,28-,29-,30+,31+,32+/m0/s1. The molecular weight excluding hydrogens is 494 g/mol. The maximum absolute atomic E-state index is 12.4. The van der Waals surface area contributed by atoms with Crippen LogP contribution in [0, 0.1) is 46.3 Å². The van der Waals surface area contributed by atoms with Crippen molar-refractivity contribution < 1.29 is 18.6 Å². The van der Waals surface area contributed by atoms with E-state index < -0.39 is 10.0 Å². The lowest BCUT2D eigenvalue weighted by Gasteiger charge is -2.64. The van der Waals surface area contributed by atoms with Crippen LogP contribution in [-0.2, 0) is 10.0 Å². The first-order valence-corrected chi connectivity index (χ1v) is 17.0. The van der Waals surface area contributed by atoms with E-state index in [0.29, 0.717) is 52.4 Å². The van der Waals surface area contributed by atoms with Gasteiger partial charge in [-0.05, 0) is 116 Å². The van der Waals surface area contributed by atoms with Gasteiger partial charge >= 0.3 is 0 Å². The van der Waals surface area contributed by atoms with Crippen LogP contribution in [0.25, 0.3) is 0 Å². The van der Waals surface area contributed by atoms with Gasteiger partial charge in [0.05, 0.1) is 17.1 Å². The molecule has 4 aliphatic rings. The minimum atomic E-state index is -3.42. The molecule has 1 aromatic carbocycles. The molecule has 1 aromatic rings. The number of benzene rings is 1. The fraction of sp³-hybridized carbons (Fsp3) is 0.812. The van der Waals surface area contributed by atoms with E-state index in [2.05, 4.69) is 25.5 Å². The normalized spacial score (nSPS) is 42.8. The van der Waals surface area contributed by atoms with Crippen LogP contribution in [0.15, 0.2) is 35.2 Å². The van der Waals surface area contributed by atoms with Gasteiger partial charge in [-0.25, -0.2) is 13.1 Å². The van der Waals surface area contributed by atoms with Crippen LogP contribution in [0.2, 0.25) is 0 Å². The van der Waals surface area contributed by atoms with Crippen LogP contribution < -0.4 is 4.72 Å². The van der Waals surface area contributed by atoms with E-state index in [4.69, 9.17) is 0 Å². The zero-order chi connectivity index (χ0) is 27.1. The Morgan fingerprint density at radius 1 is 0.895 bits per heavy atom. The van der Waals surface area contributed by atoms with E-state index >= 15 is 0 Å². The Morgan fingerprint density at radius 3 is 2.34 bits per heavy atom. The van der Waals surface area contributed by atoms with Gasteiger partial charge in [0, 0.05) is 6.54 Å². The molecular formula is C32H51NO4S. The number of hydrogen-bond donors (Lipinski definition) is 3. The lowest BCUT2D eigenvalue weighted by atomic mass is 9.41. The fourth-order valence-electron chi connectivity index (χ4n) is 10.1. The Hall–Kier alpha value is -0.950. The van der Waals surface area contributed by atoms with Crippen molar-refractivity contribution in [2.75, 3.05) is 6.54 Å². The molecule has 0 amide bonds. The molecule has 5 nitrogen and oxygen atoms in total. The average Bonchev–Trinajstić information content (AvgIpc) is 3.24. The zero-order valence-corrected chi connectivity index (χ0v) is 24.6. The first kappa shape index (κ1) is 28.6. The van der Waals surface area contributed by atoms with E-state index in [0.717, 1.165) is 44.9 Å².